The van der Waals surface area contributed by atoms with Gasteiger partial charge in [-0.05, 0) is 50.2 Å². The highest BCUT2D eigenvalue weighted by atomic mass is 16.7. The van der Waals surface area contributed by atoms with Crippen LogP contribution in [0.4, 0.5) is 10.5 Å². The standard InChI is InChI=1S/C19H22N2O4/c1-19(2)23-13-17(25-19)12-20-18(22)21-14-8-10-16(11-9-14)24-15-6-4-3-5-7-15/h3-11,17H,12-13H2,1-2H3,(H2,20,21,22). The van der Waals surface area contributed by atoms with Gasteiger partial charge in [0, 0.05) is 12.2 Å². The fourth-order valence-corrected chi connectivity index (χ4v) is 2.48. The van der Waals surface area contributed by atoms with Gasteiger partial charge in [0.05, 0.1) is 6.61 Å². The van der Waals surface area contributed by atoms with Gasteiger partial charge in [-0.15, -0.1) is 0 Å². The smallest absolute Gasteiger partial charge is 0.319 e. The van der Waals surface area contributed by atoms with E-state index in [1.54, 1.807) is 24.3 Å². The number of rotatable bonds is 5. The number of benzene rings is 2. The summed E-state index contributed by atoms with van der Waals surface area (Å²) in [6.45, 7) is 4.57. The highest BCUT2D eigenvalue weighted by Gasteiger charge is 2.32. The SMILES string of the molecule is CC1(C)OCC(CNC(=O)Nc2ccc(Oc3ccccc3)cc2)O1. The van der Waals surface area contributed by atoms with Crippen molar-refractivity contribution in [3.63, 3.8) is 0 Å². The first kappa shape index (κ1) is 17.3. The highest BCUT2D eigenvalue weighted by Crippen LogP contribution is 2.23. The van der Waals surface area contributed by atoms with Crippen LogP contribution in [0.1, 0.15) is 13.8 Å². The van der Waals surface area contributed by atoms with Gasteiger partial charge in [-0.1, -0.05) is 18.2 Å². The van der Waals surface area contributed by atoms with Crippen molar-refractivity contribution in [2.75, 3.05) is 18.5 Å². The number of anilines is 1. The van der Waals surface area contributed by atoms with Crippen molar-refractivity contribution in [1.29, 1.82) is 0 Å². The second-order valence-electron chi connectivity index (χ2n) is 6.23. The van der Waals surface area contributed by atoms with Crippen LogP contribution in [0.25, 0.3) is 0 Å². The molecule has 0 radical (unpaired) electrons. The van der Waals surface area contributed by atoms with Crippen LogP contribution < -0.4 is 15.4 Å². The minimum Gasteiger partial charge on any atom is -0.457 e. The molecule has 1 fully saturated rings. The lowest BCUT2D eigenvalue weighted by molar-refractivity contribution is -0.137. The molecule has 6 heteroatoms. The molecule has 1 heterocycles. The number of carbonyl (C=O) groups excluding carboxylic acids is 1. The van der Waals surface area contributed by atoms with Gasteiger partial charge in [-0.2, -0.15) is 0 Å². The largest absolute Gasteiger partial charge is 0.457 e. The van der Waals surface area contributed by atoms with Crippen LogP contribution in [-0.4, -0.2) is 31.1 Å². The van der Waals surface area contributed by atoms with E-state index in [4.69, 9.17) is 14.2 Å². The first-order valence-electron chi connectivity index (χ1n) is 8.20. The molecule has 2 amide bonds. The fraction of sp³-hybridized carbons (Fsp3) is 0.316. The third-order valence-electron chi connectivity index (χ3n) is 3.65. The summed E-state index contributed by atoms with van der Waals surface area (Å²) in [7, 11) is 0. The maximum absolute atomic E-state index is 12.0. The number of amides is 2. The molecule has 132 valence electrons. The summed E-state index contributed by atoms with van der Waals surface area (Å²) in [5.41, 5.74) is 0.682. The molecule has 1 atom stereocenters. The Morgan fingerprint density at radius 1 is 1.12 bits per heavy atom. The van der Waals surface area contributed by atoms with Crippen molar-refractivity contribution in [2.24, 2.45) is 0 Å². The Kier molecular flexibility index (Phi) is 5.21. The molecule has 1 saturated heterocycles. The summed E-state index contributed by atoms with van der Waals surface area (Å²) in [6, 6.07) is 16.4. The maximum Gasteiger partial charge on any atom is 0.319 e. The molecule has 0 saturated carbocycles. The average molecular weight is 342 g/mol. The number of ether oxygens (including phenoxy) is 3. The van der Waals surface area contributed by atoms with E-state index in [-0.39, 0.29) is 12.1 Å². The van der Waals surface area contributed by atoms with E-state index >= 15 is 0 Å². The predicted molar refractivity (Wildman–Crippen MR) is 94.9 cm³/mol. The Labute approximate surface area is 147 Å². The van der Waals surface area contributed by atoms with Crippen LogP contribution in [0.15, 0.2) is 54.6 Å². The number of hydrogen-bond donors (Lipinski definition) is 2. The van der Waals surface area contributed by atoms with Crippen LogP contribution >= 0.6 is 0 Å². The van der Waals surface area contributed by atoms with Gasteiger partial charge in [0.15, 0.2) is 5.79 Å². The van der Waals surface area contributed by atoms with Crippen molar-refractivity contribution in [2.45, 2.75) is 25.7 Å². The third-order valence-corrected chi connectivity index (χ3v) is 3.65. The monoisotopic (exact) mass is 342 g/mol. The van der Waals surface area contributed by atoms with Gasteiger partial charge in [-0.3, -0.25) is 0 Å². The van der Waals surface area contributed by atoms with Crippen LogP contribution in [0.2, 0.25) is 0 Å². The van der Waals surface area contributed by atoms with Gasteiger partial charge in [0.2, 0.25) is 0 Å². The molecule has 1 unspecified atom stereocenters. The lowest BCUT2D eigenvalue weighted by Crippen LogP contribution is -2.37. The topological polar surface area (TPSA) is 68.8 Å². The second kappa shape index (κ2) is 7.55. The zero-order valence-corrected chi connectivity index (χ0v) is 14.3. The quantitative estimate of drug-likeness (QED) is 0.868. The molecule has 0 spiro atoms. The first-order chi connectivity index (χ1) is 12.0. The minimum absolute atomic E-state index is 0.137. The minimum atomic E-state index is -0.586. The van der Waals surface area contributed by atoms with E-state index in [9.17, 15) is 4.79 Å². The van der Waals surface area contributed by atoms with Crippen molar-refractivity contribution < 1.29 is 19.0 Å². The number of urea groups is 1. The van der Waals surface area contributed by atoms with E-state index in [1.165, 1.54) is 0 Å². The van der Waals surface area contributed by atoms with Crippen LogP contribution in [-0.2, 0) is 9.47 Å². The normalized spacial score (nSPS) is 18.6. The molecule has 2 aromatic rings. The zero-order valence-electron chi connectivity index (χ0n) is 14.3. The van der Waals surface area contributed by atoms with Crippen LogP contribution in [0.5, 0.6) is 11.5 Å². The molecule has 0 aliphatic carbocycles. The summed E-state index contributed by atoms with van der Waals surface area (Å²) in [6.07, 6.45) is -0.137. The van der Waals surface area contributed by atoms with Crippen molar-refractivity contribution in [3.05, 3.63) is 54.6 Å². The summed E-state index contributed by atoms with van der Waals surface area (Å²) in [5, 5.41) is 5.55. The molecule has 1 aliphatic rings. The van der Waals surface area contributed by atoms with Gasteiger partial charge in [0.1, 0.15) is 17.6 Å². The number of para-hydroxylation sites is 1. The van der Waals surface area contributed by atoms with Crippen LogP contribution in [0, 0.1) is 0 Å². The Hall–Kier alpha value is -2.57. The summed E-state index contributed by atoms with van der Waals surface area (Å²) >= 11 is 0. The van der Waals surface area contributed by atoms with Crippen molar-refractivity contribution >= 4 is 11.7 Å². The lowest BCUT2D eigenvalue weighted by Gasteiger charge is -2.17. The Morgan fingerprint density at radius 2 is 1.80 bits per heavy atom. The molecule has 6 nitrogen and oxygen atoms in total. The Balaban J connectivity index is 1.45. The van der Waals surface area contributed by atoms with Gasteiger partial charge in [-0.25, -0.2) is 4.79 Å². The number of nitrogens with one attached hydrogen (secondary N) is 2. The zero-order chi connectivity index (χ0) is 17.7. The molecule has 3 rings (SSSR count). The summed E-state index contributed by atoms with van der Waals surface area (Å²) in [5.74, 6) is 0.885. The fourth-order valence-electron chi connectivity index (χ4n) is 2.48. The number of hydrogen-bond acceptors (Lipinski definition) is 4. The van der Waals surface area contributed by atoms with E-state index in [0.717, 1.165) is 5.75 Å². The first-order valence-corrected chi connectivity index (χ1v) is 8.20. The van der Waals surface area contributed by atoms with Crippen molar-refractivity contribution in [1.82, 2.24) is 5.32 Å². The van der Waals surface area contributed by atoms with E-state index in [1.807, 2.05) is 44.2 Å². The molecule has 2 N–H and O–H groups in total. The van der Waals surface area contributed by atoms with Crippen molar-refractivity contribution in [3.8, 4) is 11.5 Å². The molecule has 2 aromatic carbocycles. The van der Waals surface area contributed by atoms with E-state index < -0.39 is 5.79 Å². The highest BCUT2D eigenvalue weighted by molar-refractivity contribution is 5.89. The Morgan fingerprint density at radius 3 is 2.44 bits per heavy atom. The van der Waals surface area contributed by atoms with Crippen LogP contribution in [0.3, 0.4) is 0 Å². The van der Waals surface area contributed by atoms with E-state index in [0.29, 0.717) is 24.6 Å². The second-order valence-corrected chi connectivity index (χ2v) is 6.23. The predicted octanol–water partition coefficient (Wildman–Crippen LogP) is 3.75. The molecular weight excluding hydrogens is 320 g/mol. The van der Waals surface area contributed by atoms with E-state index in [2.05, 4.69) is 10.6 Å². The third kappa shape index (κ3) is 5.20. The lowest BCUT2D eigenvalue weighted by atomic mass is 10.3. The summed E-state index contributed by atoms with van der Waals surface area (Å²) < 4.78 is 16.8. The molecule has 1 aliphatic heterocycles. The molecule has 25 heavy (non-hydrogen) atoms. The van der Waals surface area contributed by atoms with Gasteiger partial charge in [0.25, 0.3) is 0 Å². The Bertz CT molecular complexity index is 701. The maximum atomic E-state index is 12.0. The summed E-state index contributed by atoms with van der Waals surface area (Å²) in [4.78, 5) is 12.0. The average Bonchev–Trinajstić information content (AvgIpc) is 2.95. The van der Waals surface area contributed by atoms with Gasteiger partial charge < -0.3 is 24.8 Å². The molecule has 0 aromatic heterocycles. The molecular formula is C19H22N2O4. The molecule has 0 bridgehead atoms. The van der Waals surface area contributed by atoms with Gasteiger partial charge >= 0.3 is 6.03 Å². The number of carbonyl (C=O) groups is 1.